The molecule has 1 aliphatic rings. The maximum Gasteiger partial charge on any atom is 0.341 e. The zero-order chi connectivity index (χ0) is 20.0. The van der Waals surface area contributed by atoms with E-state index in [4.69, 9.17) is 16.3 Å². The summed E-state index contributed by atoms with van der Waals surface area (Å²) in [6.45, 7) is 3.80. The van der Waals surface area contributed by atoms with E-state index in [0.29, 0.717) is 31.0 Å². The summed E-state index contributed by atoms with van der Waals surface area (Å²) in [5.41, 5.74) is 0.135. The van der Waals surface area contributed by atoms with Gasteiger partial charge in [0.2, 0.25) is 10.0 Å². The van der Waals surface area contributed by atoms with Gasteiger partial charge in [-0.2, -0.15) is 0 Å². The third kappa shape index (κ3) is 5.95. The van der Waals surface area contributed by atoms with Gasteiger partial charge >= 0.3 is 5.97 Å². The van der Waals surface area contributed by atoms with Crippen molar-refractivity contribution in [1.82, 2.24) is 9.62 Å². The minimum absolute atomic E-state index is 0.135. The predicted octanol–water partition coefficient (Wildman–Crippen LogP) is 1.56. The Hall–Kier alpha value is -2.10. The lowest BCUT2D eigenvalue weighted by atomic mass is 10.1. The molecule has 2 rings (SSSR count). The van der Waals surface area contributed by atoms with Gasteiger partial charge in [0.25, 0.3) is 5.91 Å². The molecule has 27 heavy (non-hydrogen) atoms. The summed E-state index contributed by atoms with van der Waals surface area (Å²) in [6, 6.07) is 4.22. The van der Waals surface area contributed by atoms with Crippen LogP contribution in [-0.2, 0) is 19.6 Å². The maximum atomic E-state index is 12.3. The van der Waals surface area contributed by atoms with Gasteiger partial charge in [0.15, 0.2) is 6.61 Å². The Kier molecular flexibility index (Phi) is 7.23. The zero-order valence-electron chi connectivity index (χ0n) is 14.8. The Morgan fingerprint density at radius 3 is 2.63 bits per heavy atom. The molecule has 1 aliphatic heterocycles. The van der Waals surface area contributed by atoms with E-state index in [0.717, 1.165) is 5.41 Å². The number of carbonyl (C=O) groups is 2. The van der Waals surface area contributed by atoms with Crippen LogP contribution >= 0.6 is 11.6 Å². The highest BCUT2D eigenvalue weighted by Crippen LogP contribution is 2.24. The van der Waals surface area contributed by atoms with Gasteiger partial charge in [0, 0.05) is 29.6 Å². The first-order chi connectivity index (χ1) is 12.8. The van der Waals surface area contributed by atoms with Crippen LogP contribution in [0.3, 0.4) is 0 Å². The molecule has 0 spiro atoms. The second-order valence-electron chi connectivity index (χ2n) is 5.91. The summed E-state index contributed by atoms with van der Waals surface area (Å²) >= 11 is 5.88. The molecule has 1 heterocycles. The molecular weight excluding hydrogens is 396 g/mol. The normalized spacial score (nSPS) is 15.3. The molecule has 8 nitrogen and oxygen atoms in total. The number of sulfonamides is 1. The summed E-state index contributed by atoms with van der Waals surface area (Å²) in [4.78, 5) is 25.7. The molecule has 1 aromatic rings. The fourth-order valence-corrected chi connectivity index (χ4v) is 3.62. The highest BCUT2D eigenvalue weighted by Gasteiger charge is 2.25. The molecular formula is C17H21ClN2O6S. The van der Waals surface area contributed by atoms with Gasteiger partial charge in [-0.1, -0.05) is 18.2 Å². The average Bonchev–Trinajstić information content (AvgIpc) is 2.66. The van der Waals surface area contributed by atoms with Crippen LogP contribution in [0.5, 0.6) is 5.75 Å². The highest BCUT2D eigenvalue weighted by atomic mass is 35.5. The number of esters is 1. The van der Waals surface area contributed by atoms with Crippen molar-refractivity contribution in [2.24, 2.45) is 0 Å². The molecule has 0 radical (unpaired) electrons. The monoisotopic (exact) mass is 416 g/mol. The maximum absolute atomic E-state index is 12.3. The van der Waals surface area contributed by atoms with Crippen molar-refractivity contribution in [2.45, 2.75) is 18.9 Å². The molecule has 0 atom stereocenters. The summed E-state index contributed by atoms with van der Waals surface area (Å²) in [5, 5.41) is 1.21. The number of piperidine rings is 1. The van der Waals surface area contributed by atoms with Gasteiger partial charge in [-0.15, -0.1) is 0 Å². The van der Waals surface area contributed by atoms with Crippen molar-refractivity contribution in [1.29, 1.82) is 0 Å². The molecule has 1 aromatic carbocycles. The molecule has 1 saturated heterocycles. The number of benzene rings is 1. The van der Waals surface area contributed by atoms with Crippen molar-refractivity contribution in [3.05, 3.63) is 40.8 Å². The smallest absolute Gasteiger partial charge is 0.341 e. The number of hydrogen-bond acceptors (Lipinski definition) is 6. The van der Waals surface area contributed by atoms with Crippen LogP contribution in [0.25, 0.3) is 0 Å². The van der Waals surface area contributed by atoms with Crippen LogP contribution in [0.1, 0.15) is 23.2 Å². The summed E-state index contributed by atoms with van der Waals surface area (Å²) < 4.78 is 35.7. The van der Waals surface area contributed by atoms with Gasteiger partial charge in [-0.3, -0.25) is 4.79 Å². The fourth-order valence-electron chi connectivity index (χ4n) is 2.66. The van der Waals surface area contributed by atoms with Gasteiger partial charge < -0.3 is 14.4 Å². The summed E-state index contributed by atoms with van der Waals surface area (Å²) in [7, 11) is -2.25. The molecule has 10 heteroatoms. The molecule has 0 unspecified atom stereocenters. The summed E-state index contributed by atoms with van der Waals surface area (Å²) in [6.07, 6.45) is 0.986. The van der Waals surface area contributed by atoms with Crippen molar-refractivity contribution in [3.8, 4) is 5.75 Å². The number of halogens is 1. The lowest BCUT2D eigenvalue weighted by molar-refractivity contribution is -0.134. The van der Waals surface area contributed by atoms with E-state index in [1.165, 1.54) is 19.2 Å². The van der Waals surface area contributed by atoms with Gasteiger partial charge in [-0.25, -0.2) is 17.9 Å². The van der Waals surface area contributed by atoms with E-state index in [2.05, 4.69) is 16.0 Å². The van der Waals surface area contributed by atoms with E-state index in [1.54, 1.807) is 11.0 Å². The molecule has 0 aliphatic carbocycles. The Bertz CT molecular complexity index is 819. The Morgan fingerprint density at radius 2 is 2.04 bits per heavy atom. The van der Waals surface area contributed by atoms with E-state index in [-0.39, 0.29) is 29.9 Å². The fraction of sp³-hybridized carbons (Fsp3) is 0.412. The molecule has 1 fully saturated rings. The standard InChI is InChI=1S/C17H21ClN2O6S/c1-3-27(23,24)19-13-6-8-20(9-7-13)16(21)11-26-15-5-4-12(18)10-14(15)17(22)25-2/h3-5,10,13,19H,1,6-9,11H2,2H3. The molecule has 0 bridgehead atoms. The number of nitrogens with zero attached hydrogens (tertiary/aromatic N) is 1. The number of methoxy groups -OCH3 is 1. The Balaban J connectivity index is 1.91. The number of amides is 1. The van der Waals surface area contributed by atoms with Gasteiger partial charge in [0.1, 0.15) is 11.3 Å². The molecule has 148 valence electrons. The summed E-state index contributed by atoms with van der Waals surface area (Å²) in [5.74, 6) is -0.672. The van der Waals surface area contributed by atoms with Crippen molar-refractivity contribution >= 4 is 33.5 Å². The minimum Gasteiger partial charge on any atom is -0.483 e. The van der Waals surface area contributed by atoms with Crippen molar-refractivity contribution in [3.63, 3.8) is 0 Å². The number of likely N-dealkylation sites (tertiary alicyclic amines) is 1. The number of hydrogen-bond donors (Lipinski definition) is 1. The number of ether oxygens (including phenoxy) is 2. The van der Waals surface area contributed by atoms with Crippen LogP contribution in [0.15, 0.2) is 30.2 Å². The van der Waals surface area contributed by atoms with Crippen LogP contribution in [0.2, 0.25) is 5.02 Å². The van der Waals surface area contributed by atoms with E-state index >= 15 is 0 Å². The highest BCUT2D eigenvalue weighted by molar-refractivity contribution is 7.92. The number of carbonyl (C=O) groups excluding carboxylic acids is 2. The second kappa shape index (κ2) is 9.20. The largest absolute Gasteiger partial charge is 0.483 e. The quantitative estimate of drug-likeness (QED) is 0.677. The van der Waals surface area contributed by atoms with E-state index in [1.807, 2.05) is 0 Å². The van der Waals surface area contributed by atoms with Crippen LogP contribution in [0, 0.1) is 0 Å². The zero-order valence-corrected chi connectivity index (χ0v) is 16.4. The Morgan fingerprint density at radius 1 is 1.37 bits per heavy atom. The van der Waals surface area contributed by atoms with Crippen LogP contribution in [0.4, 0.5) is 0 Å². The first kappa shape index (κ1) is 21.2. The van der Waals surface area contributed by atoms with E-state index < -0.39 is 16.0 Å². The lowest BCUT2D eigenvalue weighted by Gasteiger charge is -2.32. The third-order valence-electron chi connectivity index (χ3n) is 4.10. The van der Waals surface area contributed by atoms with Crippen molar-refractivity contribution < 1.29 is 27.5 Å². The topological polar surface area (TPSA) is 102 Å². The Labute approximate surface area is 163 Å². The van der Waals surface area contributed by atoms with Crippen molar-refractivity contribution in [2.75, 3.05) is 26.8 Å². The van der Waals surface area contributed by atoms with Gasteiger partial charge in [-0.05, 0) is 31.0 Å². The molecule has 1 amide bonds. The SMILES string of the molecule is C=CS(=O)(=O)NC1CCN(C(=O)COc2ccc(Cl)cc2C(=O)OC)CC1. The molecule has 1 N–H and O–H groups in total. The second-order valence-corrected chi connectivity index (χ2v) is 8.00. The molecule has 0 saturated carbocycles. The van der Waals surface area contributed by atoms with Crippen LogP contribution in [-0.4, -0.2) is 58.0 Å². The minimum atomic E-state index is -3.49. The number of rotatable bonds is 7. The number of nitrogens with one attached hydrogen (secondary N) is 1. The first-order valence-corrected chi connectivity index (χ1v) is 10.1. The van der Waals surface area contributed by atoms with E-state index in [9.17, 15) is 18.0 Å². The van der Waals surface area contributed by atoms with Crippen LogP contribution < -0.4 is 9.46 Å². The average molecular weight is 417 g/mol. The van der Waals surface area contributed by atoms with Gasteiger partial charge in [0.05, 0.1) is 7.11 Å². The third-order valence-corrected chi connectivity index (χ3v) is 5.43. The predicted molar refractivity (Wildman–Crippen MR) is 100 cm³/mol. The first-order valence-electron chi connectivity index (χ1n) is 8.19. The lowest BCUT2D eigenvalue weighted by Crippen LogP contribution is -2.47. The molecule has 0 aromatic heterocycles.